The molecule has 26 heavy (non-hydrogen) atoms. The molecular weight excluding hydrogens is 358 g/mol. The van der Waals surface area contributed by atoms with E-state index in [-0.39, 0.29) is 0 Å². The van der Waals surface area contributed by atoms with Crippen LogP contribution < -0.4 is 4.90 Å². The number of nitrogens with zero attached hydrogens (tertiary/aromatic N) is 1. The summed E-state index contributed by atoms with van der Waals surface area (Å²) in [5.74, 6) is -5.46. The average molecular weight is 374 g/mol. The van der Waals surface area contributed by atoms with Crippen LogP contribution in [0.1, 0.15) is 11.6 Å². The summed E-state index contributed by atoms with van der Waals surface area (Å²) >= 11 is 5.94. The van der Waals surface area contributed by atoms with E-state index in [0.29, 0.717) is 16.3 Å². The number of carbonyl (C=O) groups is 3. The number of carbonyl (C=O) groups excluding carboxylic acids is 2. The first-order valence-electron chi connectivity index (χ1n) is 7.90. The molecule has 1 N–H and O–H groups in total. The van der Waals surface area contributed by atoms with Gasteiger partial charge in [-0.1, -0.05) is 41.9 Å². The zero-order valence-electron chi connectivity index (χ0n) is 13.8. The molecule has 3 rings (SSSR count). The molecule has 0 radical (unpaired) electrons. The first-order chi connectivity index (χ1) is 12.5. The Bertz CT molecular complexity index is 837. The lowest BCUT2D eigenvalue weighted by Crippen LogP contribution is -2.32. The fourth-order valence-electron chi connectivity index (χ4n) is 3.34. The number of rotatable bonds is 4. The Morgan fingerprint density at radius 1 is 1.08 bits per heavy atom. The molecule has 2 aromatic rings. The van der Waals surface area contributed by atoms with Gasteiger partial charge in [-0.2, -0.15) is 0 Å². The average Bonchev–Trinajstić information content (AvgIpc) is 2.95. The van der Waals surface area contributed by atoms with Gasteiger partial charge in [0.05, 0.1) is 13.2 Å². The molecule has 1 fully saturated rings. The largest absolute Gasteiger partial charge is 0.481 e. The summed E-state index contributed by atoms with van der Waals surface area (Å²) in [5.41, 5.74) is 1.11. The van der Waals surface area contributed by atoms with Crippen molar-refractivity contribution in [1.82, 2.24) is 0 Å². The van der Waals surface area contributed by atoms with Gasteiger partial charge < -0.3 is 14.7 Å². The molecule has 3 atom stereocenters. The fraction of sp³-hybridized carbons (Fsp3) is 0.211. The molecule has 0 spiro atoms. The molecule has 1 heterocycles. The first kappa shape index (κ1) is 17.9. The zero-order chi connectivity index (χ0) is 18.8. The molecular formula is C19H16ClNO5. The number of aliphatic carboxylic acids is 1. The van der Waals surface area contributed by atoms with Crippen molar-refractivity contribution in [2.45, 2.75) is 6.04 Å². The normalized spacial score (nSPS) is 22.3. The molecule has 0 aliphatic carbocycles. The molecule has 7 heteroatoms. The Labute approximate surface area is 154 Å². The predicted octanol–water partition coefficient (Wildman–Crippen LogP) is 2.92. The summed E-state index contributed by atoms with van der Waals surface area (Å²) in [6.07, 6.45) is 0. The summed E-state index contributed by atoms with van der Waals surface area (Å²) in [4.78, 5) is 38.5. The van der Waals surface area contributed by atoms with Crippen LogP contribution >= 0.6 is 11.6 Å². The van der Waals surface area contributed by atoms with E-state index in [1.165, 1.54) is 12.0 Å². The molecule has 2 aromatic carbocycles. The molecule has 1 aliphatic rings. The topological polar surface area (TPSA) is 83.9 Å². The van der Waals surface area contributed by atoms with E-state index < -0.39 is 35.7 Å². The van der Waals surface area contributed by atoms with Gasteiger partial charge in [0.25, 0.3) is 0 Å². The maximum Gasteiger partial charge on any atom is 0.317 e. The highest BCUT2D eigenvalue weighted by Crippen LogP contribution is 2.45. The lowest BCUT2D eigenvalue weighted by Gasteiger charge is -2.27. The number of benzene rings is 2. The smallest absolute Gasteiger partial charge is 0.317 e. The van der Waals surface area contributed by atoms with Crippen molar-refractivity contribution in [3.05, 3.63) is 65.2 Å². The van der Waals surface area contributed by atoms with Crippen molar-refractivity contribution >= 4 is 35.1 Å². The first-order valence-corrected chi connectivity index (χ1v) is 8.27. The number of carboxylic acids is 1. The minimum absolute atomic E-state index is 0.494. The van der Waals surface area contributed by atoms with Gasteiger partial charge in [0.1, 0.15) is 5.92 Å². The van der Waals surface area contributed by atoms with Crippen molar-refractivity contribution in [1.29, 1.82) is 0 Å². The monoisotopic (exact) mass is 373 g/mol. The Morgan fingerprint density at radius 3 is 2.23 bits per heavy atom. The summed E-state index contributed by atoms with van der Waals surface area (Å²) in [7, 11) is 1.18. The summed E-state index contributed by atoms with van der Waals surface area (Å²) in [6.45, 7) is 0. The van der Waals surface area contributed by atoms with Gasteiger partial charge in [0, 0.05) is 10.7 Å². The van der Waals surface area contributed by atoms with Gasteiger partial charge in [-0.25, -0.2) is 0 Å². The molecule has 1 amide bonds. The zero-order valence-corrected chi connectivity index (χ0v) is 14.6. The SMILES string of the molecule is COC(=O)[C@H]1[C@H](C(=O)O)C(=O)N(c2ccccc2)[C@@H]1c1ccc(Cl)cc1. The minimum Gasteiger partial charge on any atom is -0.481 e. The molecule has 1 aliphatic heterocycles. The predicted molar refractivity (Wildman–Crippen MR) is 94.8 cm³/mol. The second-order valence-electron chi connectivity index (χ2n) is 5.91. The van der Waals surface area contributed by atoms with Crippen LogP contribution in [-0.2, 0) is 19.1 Å². The third-order valence-electron chi connectivity index (χ3n) is 4.47. The summed E-state index contributed by atoms with van der Waals surface area (Å²) in [5, 5.41) is 10.1. The van der Waals surface area contributed by atoms with Crippen LogP contribution in [0.2, 0.25) is 5.02 Å². The maximum atomic E-state index is 12.9. The molecule has 0 aromatic heterocycles. The van der Waals surface area contributed by atoms with Crippen LogP contribution in [0.5, 0.6) is 0 Å². The molecule has 0 saturated carbocycles. The van der Waals surface area contributed by atoms with Crippen LogP contribution in [0.25, 0.3) is 0 Å². The van der Waals surface area contributed by atoms with Crippen LogP contribution in [0.15, 0.2) is 54.6 Å². The van der Waals surface area contributed by atoms with E-state index >= 15 is 0 Å². The van der Waals surface area contributed by atoms with Crippen LogP contribution in [0.3, 0.4) is 0 Å². The number of esters is 1. The third kappa shape index (κ3) is 3.04. The van der Waals surface area contributed by atoms with Gasteiger partial charge >= 0.3 is 11.9 Å². The van der Waals surface area contributed by atoms with Crippen LogP contribution in [-0.4, -0.2) is 30.1 Å². The van der Waals surface area contributed by atoms with Crippen molar-refractivity contribution in [2.75, 3.05) is 12.0 Å². The number of halogens is 1. The number of anilines is 1. The lowest BCUT2D eigenvalue weighted by atomic mass is 9.86. The van der Waals surface area contributed by atoms with Crippen molar-refractivity contribution in [3.8, 4) is 0 Å². The highest BCUT2D eigenvalue weighted by atomic mass is 35.5. The number of carboxylic acid groups (broad SMARTS) is 1. The maximum absolute atomic E-state index is 12.9. The highest BCUT2D eigenvalue weighted by Gasteiger charge is 2.56. The van der Waals surface area contributed by atoms with E-state index in [4.69, 9.17) is 16.3 Å². The minimum atomic E-state index is -1.52. The standard InChI is InChI=1S/C19H16ClNO5/c1-26-19(25)14-15(18(23)24)17(22)21(13-5-3-2-4-6-13)16(14)11-7-9-12(20)10-8-11/h2-10,14-16H,1H3,(H,23,24)/t14-,15-,16+/m0/s1. The molecule has 0 bridgehead atoms. The van der Waals surface area contributed by atoms with E-state index in [1.54, 1.807) is 54.6 Å². The van der Waals surface area contributed by atoms with Crippen molar-refractivity contribution in [2.24, 2.45) is 11.8 Å². The number of methoxy groups -OCH3 is 1. The second-order valence-corrected chi connectivity index (χ2v) is 6.34. The Kier molecular flexibility index (Phi) is 4.95. The molecule has 6 nitrogen and oxygen atoms in total. The van der Waals surface area contributed by atoms with Gasteiger partial charge in [0.2, 0.25) is 5.91 Å². The van der Waals surface area contributed by atoms with Crippen LogP contribution in [0.4, 0.5) is 5.69 Å². The summed E-state index contributed by atoms with van der Waals surface area (Å²) in [6, 6.07) is 14.5. The van der Waals surface area contributed by atoms with Gasteiger partial charge in [-0.3, -0.25) is 14.4 Å². The van der Waals surface area contributed by atoms with Gasteiger partial charge in [0.15, 0.2) is 5.92 Å². The number of amides is 1. The van der Waals surface area contributed by atoms with Crippen molar-refractivity contribution in [3.63, 3.8) is 0 Å². The quantitative estimate of drug-likeness (QED) is 0.658. The highest BCUT2D eigenvalue weighted by molar-refractivity contribution is 6.30. The van der Waals surface area contributed by atoms with E-state index in [2.05, 4.69) is 0 Å². The van der Waals surface area contributed by atoms with Gasteiger partial charge in [-0.15, -0.1) is 0 Å². The Balaban J connectivity index is 2.19. The Morgan fingerprint density at radius 2 is 1.69 bits per heavy atom. The fourth-order valence-corrected chi connectivity index (χ4v) is 3.46. The molecule has 1 saturated heterocycles. The lowest BCUT2D eigenvalue weighted by molar-refractivity contribution is -0.156. The van der Waals surface area contributed by atoms with E-state index in [0.717, 1.165) is 0 Å². The van der Waals surface area contributed by atoms with Crippen molar-refractivity contribution < 1.29 is 24.2 Å². The molecule has 0 unspecified atom stereocenters. The second kappa shape index (κ2) is 7.17. The summed E-state index contributed by atoms with van der Waals surface area (Å²) < 4.78 is 4.82. The molecule has 134 valence electrons. The number of hydrogen-bond acceptors (Lipinski definition) is 4. The number of hydrogen-bond donors (Lipinski definition) is 1. The number of para-hydroxylation sites is 1. The Hall–Kier alpha value is -2.86. The van der Waals surface area contributed by atoms with E-state index in [9.17, 15) is 19.5 Å². The van der Waals surface area contributed by atoms with Gasteiger partial charge in [-0.05, 0) is 29.8 Å². The number of ether oxygens (including phenoxy) is 1. The van der Waals surface area contributed by atoms with E-state index in [1.807, 2.05) is 0 Å². The third-order valence-corrected chi connectivity index (χ3v) is 4.72. The van der Waals surface area contributed by atoms with Crippen LogP contribution in [0, 0.1) is 11.8 Å².